The zero-order valence-electron chi connectivity index (χ0n) is 13.6. The fourth-order valence-electron chi connectivity index (χ4n) is 3.22. The van der Waals surface area contributed by atoms with Crippen molar-refractivity contribution < 1.29 is 35.0 Å². The predicted octanol–water partition coefficient (Wildman–Crippen LogP) is -0.700. The highest BCUT2D eigenvalue weighted by molar-refractivity contribution is 5.08. The van der Waals surface area contributed by atoms with Gasteiger partial charge in [0.2, 0.25) is 0 Å². The van der Waals surface area contributed by atoms with Crippen LogP contribution in [0.2, 0.25) is 0 Å². The minimum atomic E-state index is -1.44. The van der Waals surface area contributed by atoms with Crippen LogP contribution in [-0.2, 0) is 9.47 Å². The highest BCUT2D eigenvalue weighted by atomic mass is 16.7. The molecular formula is C16H28O7. The monoisotopic (exact) mass is 332 g/mol. The van der Waals surface area contributed by atoms with Gasteiger partial charge in [-0.15, -0.1) is 0 Å². The molecule has 6 atom stereocenters. The van der Waals surface area contributed by atoms with Gasteiger partial charge in [-0.05, 0) is 44.6 Å². The van der Waals surface area contributed by atoms with Crippen LogP contribution in [0.1, 0.15) is 33.1 Å². The molecule has 2 rings (SSSR count). The van der Waals surface area contributed by atoms with E-state index < -0.39 is 42.9 Å². The van der Waals surface area contributed by atoms with Gasteiger partial charge in [0.25, 0.3) is 0 Å². The fraction of sp³-hybridized carbons (Fsp3) is 0.875. The van der Waals surface area contributed by atoms with Crippen molar-refractivity contribution in [2.24, 2.45) is 5.92 Å². The van der Waals surface area contributed by atoms with E-state index in [0.29, 0.717) is 0 Å². The first-order valence-corrected chi connectivity index (χ1v) is 8.07. The molecule has 0 amide bonds. The predicted molar refractivity (Wildman–Crippen MR) is 81.4 cm³/mol. The molecule has 1 fully saturated rings. The van der Waals surface area contributed by atoms with Crippen LogP contribution in [0.3, 0.4) is 0 Å². The van der Waals surface area contributed by atoms with Gasteiger partial charge in [0.1, 0.15) is 24.4 Å². The maximum Gasteiger partial charge on any atom is 0.187 e. The maximum atomic E-state index is 10.1. The number of allylic oxidation sites excluding steroid dienone is 1. The van der Waals surface area contributed by atoms with Gasteiger partial charge in [-0.25, -0.2) is 0 Å². The zero-order chi connectivity index (χ0) is 17.2. The minimum Gasteiger partial charge on any atom is -0.394 e. The smallest absolute Gasteiger partial charge is 0.187 e. The van der Waals surface area contributed by atoms with Crippen LogP contribution in [0.5, 0.6) is 0 Å². The topological polar surface area (TPSA) is 120 Å². The molecule has 2 aliphatic rings. The van der Waals surface area contributed by atoms with Gasteiger partial charge >= 0.3 is 0 Å². The normalized spacial score (nSPS) is 39.2. The van der Waals surface area contributed by atoms with E-state index in [4.69, 9.17) is 14.6 Å². The van der Waals surface area contributed by atoms with Crippen molar-refractivity contribution in [3.8, 4) is 0 Å². The second-order valence-corrected chi connectivity index (χ2v) is 6.91. The largest absolute Gasteiger partial charge is 0.394 e. The van der Waals surface area contributed by atoms with Crippen molar-refractivity contribution in [2.75, 3.05) is 13.2 Å². The second kappa shape index (κ2) is 7.57. The molecule has 0 aromatic rings. The number of hydrogen-bond acceptors (Lipinski definition) is 7. The van der Waals surface area contributed by atoms with E-state index in [1.54, 1.807) is 0 Å². The van der Waals surface area contributed by atoms with Crippen molar-refractivity contribution >= 4 is 0 Å². The third-order valence-corrected chi connectivity index (χ3v) is 4.96. The number of aliphatic hydroxyl groups excluding tert-OH is 5. The summed E-state index contributed by atoms with van der Waals surface area (Å²) in [5.74, 6) is 0.171. The summed E-state index contributed by atoms with van der Waals surface area (Å²) in [6, 6.07) is 0. The molecule has 0 aromatic heterocycles. The van der Waals surface area contributed by atoms with Crippen LogP contribution in [0.25, 0.3) is 0 Å². The average Bonchev–Trinajstić information content (AvgIpc) is 2.55. The average molecular weight is 332 g/mol. The number of rotatable bonds is 5. The zero-order valence-corrected chi connectivity index (χ0v) is 13.6. The summed E-state index contributed by atoms with van der Waals surface area (Å²) in [5.41, 5.74) is 0.385. The lowest BCUT2D eigenvalue weighted by molar-refractivity contribution is -0.328. The molecule has 23 heavy (non-hydrogen) atoms. The van der Waals surface area contributed by atoms with Crippen LogP contribution in [0.15, 0.2) is 11.6 Å². The molecule has 0 aromatic carbocycles. The molecule has 1 aliphatic carbocycles. The van der Waals surface area contributed by atoms with Gasteiger partial charge in [-0.3, -0.25) is 0 Å². The summed E-state index contributed by atoms with van der Waals surface area (Å²) < 4.78 is 11.3. The van der Waals surface area contributed by atoms with Gasteiger partial charge in [-0.2, -0.15) is 0 Å². The molecule has 0 saturated carbocycles. The first-order valence-electron chi connectivity index (χ1n) is 8.07. The van der Waals surface area contributed by atoms with Crippen molar-refractivity contribution in [3.05, 3.63) is 11.6 Å². The fourth-order valence-corrected chi connectivity index (χ4v) is 3.22. The van der Waals surface area contributed by atoms with Crippen LogP contribution in [0, 0.1) is 5.92 Å². The Bertz CT molecular complexity index is 421. The first kappa shape index (κ1) is 18.8. The van der Waals surface area contributed by atoms with Crippen LogP contribution in [-0.4, -0.2) is 75.1 Å². The molecule has 1 heterocycles. The Morgan fingerprint density at radius 2 is 1.87 bits per heavy atom. The maximum absolute atomic E-state index is 10.1. The van der Waals surface area contributed by atoms with E-state index in [1.807, 2.05) is 19.9 Å². The lowest BCUT2D eigenvalue weighted by Crippen LogP contribution is -2.60. The van der Waals surface area contributed by atoms with E-state index in [-0.39, 0.29) is 12.5 Å². The van der Waals surface area contributed by atoms with E-state index in [9.17, 15) is 20.4 Å². The van der Waals surface area contributed by atoms with E-state index in [0.717, 1.165) is 24.8 Å². The summed E-state index contributed by atoms with van der Waals surface area (Å²) in [6.45, 7) is 3.37. The lowest BCUT2D eigenvalue weighted by Gasteiger charge is -2.45. The van der Waals surface area contributed by atoms with Crippen LogP contribution < -0.4 is 0 Å². The Hall–Kier alpha value is -0.540. The number of hydrogen-bond donors (Lipinski definition) is 5. The quantitative estimate of drug-likeness (QED) is 0.422. The molecular weight excluding hydrogens is 304 g/mol. The first-order chi connectivity index (χ1) is 10.8. The molecule has 0 unspecified atom stereocenters. The second-order valence-electron chi connectivity index (χ2n) is 6.91. The third kappa shape index (κ3) is 4.11. The van der Waals surface area contributed by atoms with E-state index in [1.165, 1.54) is 0 Å². The molecule has 7 nitrogen and oxygen atoms in total. The molecule has 0 bridgehead atoms. The standard InChI is InChI=1S/C16H28O7/c1-16(2,10-5-3-9(7-17)4-6-10)23-15-14(21)13(20)12(19)11(8-18)22-15/h3,10-15,17-21H,4-8H2,1-2H3/t10-,11+,12+,13-,14+,15+/m0/s1. The van der Waals surface area contributed by atoms with Gasteiger partial charge in [0.05, 0.1) is 18.8 Å². The number of ether oxygens (including phenoxy) is 2. The van der Waals surface area contributed by atoms with Gasteiger partial charge in [0, 0.05) is 0 Å². The molecule has 7 heteroatoms. The highest BCUT2D eigenvalue weighted by Crippen LogP contribution is 2.36. The van der Waals surface area contributed by atoms with E-state index >= 15 is 0 Å². The summed E-state index contributed by atoms with van der Waals surface area (Å²) in [7, 11) is 0. The molecule has 0 radical (unpaired) electrons. The van der Waals surface area contributed by atoms with Crippen molar-refractivity contribution in [1.29, 1.82) is 0 Å². The molecule has 0 spiro atoms. The number of aliphatic hydroxyl groups is 5. The molecule has 1 aliphatic heterocycles. The Morgan fingerprint density at radius 1 is 1.17 bits per heavy atom. The van der Waals surface area contributed by atoms with Crippen molar-refractivity contribution in [2.45, 2.75) is 69.4 Å². The highest BCUT2D eigenvalue weighted by Gasteiger charge is 2.46. The molecule has 134 valence electrons. The van der Waals surface area contributed by atoms with Crippen LogP contribution in [0.4, 0.5) is 0 Å². The van der Waals surface area contributed by atoms with Gasteiger partial charge < -0.3 is 35.0 Å². The van der Waals surface area contributed by atoms with Crippen molar-refractivity contribution in [3.63, 3.8) is 0 Å². The SMILES string of the molecule is CC(C)(O[C@H]1O[C@H](CO)[C@@H](O)[C@H](O)[C@H]1O)[C@H]1CC=C(CO)CC1. The Labute approximate surface area is 136 Å². The Morgan fingerprint density at radius 3 is 2.39 bits per heavy atom. The Kier molecular flexibility index (Phi) is 6.18. The summed E-state index contributed by atoms with van der Waals surface area (Å²) in [5, 5.41) is 48.1. The lowest BCUT2D eigenvalue weighted by atomic mass is 9.79. The molecule has 1 saturated heterocycles. The summed E-state index contributed by atoms with van der Waals surface area (Å²) >= 11 is 0. The van der Waals surface area contributed by atoms with Gasteiger partial charge in [-0.1, -0.05) is 6.08 Å². The Balaban J connectivity index is 2.03. The molecule has 5 N–H and O–H groups in total. The van der Waals surface area contributed by atoms with Crippen molar-refractivity contribution in [1.82, 2.24) is 0 Å². The van der Waals surface area contributed by atoms with Gasteiger partial charge in [0.15, 0.2) is 6.29 Å². The minimum absolute atomic E-state index is 0.0702. The van der Waals surface area contributed by atoms with E-state index in [2.05, 4.69) is 0 Å². The third-order valence-electron chi connectivity index (χ3n) is 4.96. The van der Waals surface area contributed by atoms with Crippen LogP contribution >= 0.6 is 0 Å². The summed E-state index contributed by atoms with van der Waals surface area (Å²) in [4.78, 5) is 0. The summed E-state index contributed by atoms with van der Waals surface area (Å²) in [6.07, 6.45) is -1.91.